The Balaban J connectivity index is 2.60. The molecule has 1 rings (SSSR count). The molecule has 0 spiro atoms. The van der Waals surface area contributed by atoms with E-state index in [1.54, 1.807) is 0 Å². The minimum absolute atomic E-state index is 0.200. The molecule has 0 aromatic heterocycles. The second-order valence-electron chi connectivity index (χ2n) is 4.15. The molecule has 5 heteroatoms. The van der Waals surface area contributed by atoms with Crippen LogP contribution in [0.25, 0.3) is 0 Å². The third-order valence-corrected chi connectivity index (χ3v) is 3.01. The molecule has 1 aliphatic rings. The van der Waals surface area contributed by atoms with Gasteiger partial charge in [0, 0.05) is 6.54 Å². The summed E-state index contributed by atoms with van der Waals surface area (Å²) in [6, 6.07) is -0.463. The van der Waals surface area contributed by atoms with Crippen LogP contribution in [0.1, 0.15) is 19.8 Å². The average molecular weight is 219 g/mol. The van der Waals surface area contributed by atoms with Crippen molar-refractivity contribution in [3.05, 3.63) is 0 Å². The average Bonchev–Trinajstić information content (AvgIpc) is 2.23. The van der Waals surface area contributed by atoms with Gasteiger partial charge in [-0.05, 0) is 13.0 Å². The Bertz CT molecular complexity index is 190. The maximum atomic E-state index is 9.67. The molecular weight excluding hydrogens is 198 g/mol. The third kappa shape index (κ3) is 2.89. The van der Waals surface area contributed by atoms with Crippen LogP contribution in [0.4, 0.5) is 0 Å². The highest BCUT2D eigenvalue weighted by Gasteiger charge is 2.40. The zero-order valence-electron chi connectivity index (χ0n) is 9.08. The highest BCUT2D eigenvalue weighted by Crippen LogP contribution is 2.19. The van der Waals surface area contributed by atoms with Gasteiger partial charge in [-0.2, -0.15) is 0 Å². The molecule has 4 atom stereocenters. The number of unbranched alkanes of at least 4 members (excludes halogenated alkanes) is 1. The number of hydrogen-bond acceptors (Lipinski definition) is 5. The maximum Gasteiger partial charge on any atom is 0.109 e. The first kappa shape index (κ1) is 12.9. The molecule has 0 aliphatic carbocycles. The van der Waals surface area contributed by atoms with Crippen molar-refractivity contribution >= 4 is 0 Å². The van der Waals surface area contributed by atoms with Crippen molar-refractivity contribution in [3.63, 3.8) is 0 Å². The largest absolute Gasteiger partial charge is 0.395 e. The van der Waals surface area contributed by atoms with Gasteiger partial charge in [-0.25, -0.2) is 0 Å². The predicted octanol–water partition coefficient (Wildman–Crippen LogP) is -1.45. The highest BCUT2D eigenvalue weighted by molar-refractivity contribution is 4.93. The minimum Gasteiger partial charge on any atom is -0.395 e. The fourth-order valence-electron chi connectivity index (χ4n) is 2.00. The predicted molar refractivity (Wildman–Crippen MR) is 55.4 cm³/mol. The van der Waals surface area contributed by atoms with Crippen molar-refractivity contribution in [2.45, 2.75) is 44.1 Å². The number of rotatable bonds is 4. The summed E-state index contributed by atoms with van der Waals surface area (Å²) in [5, 5.41) is 37.8. The van der Waals surface area contributed by atoms with E-state index in [9.17, 15) is 15.3 Å². The van der Waals surface area contributed by atoms with Crippen molar-refractivity contribution in [2.75, 3.05) is 19.7 Å². The molecular formula is C10H21NO4. The fourth-order valence-corrected chi connectivity index (χ4v) is 2.00. The van der Waals surface area contributed by atoms with E-state index in [-0.39, 0.29) is 6.61 Å². The van der Waals surface area contributed by atoms with Crippen molar-refractivity contribution in [3.8, 4) is 0 Å². The van der Waals surface area contributed by atoms with Gasteiger partial charge in [-0.15, -0.1) is 0 Å². The van der Waals surface area contributed by atoms with Gasteiger partial charge in [0.1, 0.15) is 12.2 Å². The summed E-state index contributed by atoms with van der Waals surface area (Å²) in [6.45, 7) is 2.89. The minimum atomic E-state index is -1.15. The molecule has 1 fully saturated rings. The van der Waals surface area contributed by atoms with Crippen LogP contribution in [-0.2, 0) is 0 Å². The van der Waals surface area contributed by atoms with Gasteiger partial charge in [0.05, 0.1) is 18.8 Å². The standard InChI is InChI=1S/C10H21NO4/c1-2-3-4-11-5-8(13)10(15)9(14)7(11)6-12/h7-10,12-15H,2-6H2,1H3/t7?,8?,9-,10?/m1/s1. The number of β-amino-alcohol motifs (C(OH)–C–C–N with tert-alkyl or cyclic N) is 1. The van der Waals surface area contributed by atoms with Gasteiger partial charge in [-0.1, -0.05) is 13.3 Å². The summed E-state index contributed by atoms with van der Waals surface area (Å²) in [5.74, 6) is 0. The van der Waals surface area contributed by atoms with Crippen LogP contribution in [0.15, 0.2) is 0 Å². The van der Waals surface area contributed by atoms with E-state index < -0.39 is 24.4 Å². The number of aliphatic hydroxyl groups is 4. The Morgan fingerprint density at radius 2 is 1.87 bits per heavy atom. The molecule has 0 radical (unpaired) electrons. The van der Waals surface area contributed by atoms with E-state index in [4.69, 9.17) is 5.11 Å². The molecule has 1 aliphatic heterocycles. The zero-order valence-corrected chi connectivity index (χ0v) is 9.08. The van der Waals surface area contributed by atoms with Crippen molar-refractivity contribution in [2.24, 2.45) is 0 Å². The number of nitrogens with zero attached hydrogens (tertiary/aromatic N) is 1. The normalized spacial score (nSPS) is 38.2. The first-order valence-electron chi connectivity index (χ1n) is 5.51. The fraction of sp³-hybridized carbons (Fsp3) is 1.00. The van der Waals surface area contributed by atoms with Crippen LogP contribution in [0, 0.1) is 0 Å². The van der Waals surface area contributed by atoms with E-state index in [2.05, 4.69) is 6.92 Å². The zero-order chi connectivity index (χ0) is 11.4. The summed E-state index contributed by atoms with van der Waals surface area (Å²) >= 11 is 0. The Morgan fingerprint density at radius 3 is 2.40 bits per heavy atom. The molecule has 0 aromatic rings. The van der Waals surface area contributed by atoms with Crippen LogP contribution in [0.5, 0.6) is 0 Å². The molecule has 4 N–H and O–H groups in total. The SMILES string of the molecule is CCCCN1CC(O)C(O)[C@H](O)C1CO. The van der Waals surface area contributed by atoms with Gasteiger partial charge in [0.25, 0.3) is 0 Å². The topological polar surface area (TPSA) is 84.2 Å². The molecule has 15 heavy (non-hydrogen) atoms. The van der Waals surface area contributed by atoms with Crippen molar-refractivity contribution in [1.82, 2.24) is 4.90 Å². The molecule has 90 valence electrons. The summed E-state index contributed by atoms with van der Waals surface area (Å²) < 4.78 is 0. The molecule has 5 nitrogen and oxygen atoms in total. The van der Waals surface area contributed by atoms with Crippen LogP contribution in [0.3, 0.4) is 0 Å². The van der Waals surface area contributed by atoms with Crippen LogP contribution < -0.4 is 0 Å². The molecule has 0 bridgehead atoms. The molecule has 1 saturated heterocycles. The lowest BCUT2D eigenvalue weighted by molar-refractivity contribution is -0.145. The Hall–Kier alpha value is -0.200. The van der Waals surface area contributed by atoms with Crippen LogP contribution in [-0.4, -0.2) is 69.4 Å². The second-order valence-corrected chi connectivity index (χ2v) is 4.15. The molecule has 0 amide bonds. The summed E-state index contributed by atoms with van der Waals surface area (Å²) in [4.78, 5) is 1.84. The Labute approximate surface area is 90.0 Å². The van der Waals surface area contributed by atoms with Crippen LogP contribution in [0.2, 0.25) is 0 Å². The quantitative estimate of drug-likeness (QED) is 0.465. The third-order valence-electron chi connectivity index (χ3n) is 3.01. The van der Waals surface area contributed by atoms with E-state index in [1.165, 1.54) is 0 Å². The van der Waals surface area contributed by atoms with E-state index in [1.807, 2.05) is 4.90 Å². The maximum absolute atomic E-state index is 9.67. The first-order valence-corrected chi connectivity index (χ1v) is 5.51. The summed E-state index contributed by atoms with van der Waals surface area (Å²) in [5.41, 5.74) is 0. The lowest BCUT2D eigenvalue weighted by Crippen LogP contribution is -2.62. The molecule has 0 saturated carbocycles. The van der Waals surface area contributed by atoms with Gasteiger partial charge in [0.15, 0.2) is 0 Å². The van der Waals surface area contributed by atoms with Gasteiger partial charge in [0.2, 0.25) is 0 Å². The number of aliphatic hydroxyl groups excluding tert-OH is 4. The molecule has 1 heterocycles. The Morgan fingerprint density at radius 1 is 1.20 bits per heavy atom. The lowest BCUT2D eigenvalue weighted by Gasteiger charge is -2.43. The highest BCUT2D eigenvalue weighted by atomic mass is 16.4. The first-order chi connectivity index (χ1) is 7.11. The van der Waals surface area contributed by atoms with Gasteiger partial charge >= 0.3 is 0 Å². The van der Waals surface area contributed by atoms with E-state index >= 15 is 0 Å². The summed E-state index contributed by atoms with van der Waals surface area (Å²) in [7, 11) is 0. The smallest absolute Gasteiger partial charge is 0.109 e. The van der Waals surface area contributed by atoms with Gasteiger partial charge < -0.3 is 20.4 Å². The van der Waals surface area contributed by atoms with Crippen molar-refractivity contribution in [1.29, 1.82) is 0 Å². The molecule has 0 aromatic carbocycles. The number of piperidine rings is 1. The van der Waals surface area contributed by atoms with Gasteiger partial charge in [-0.3, -0.25) is 4.90 Å². The summed E-state index contributed by atoms with van der Waals surface area (Å²) in [6.07, 6.45) is -1.19. The molecule has 3 unspecified atom stereocenters. The lowest BCUT2D eigenvalue weighted by atomic mass is 9.94. The van der Waals surface area contributed by atoms with E-state index in [0.29, 0.717) is 6.54 Å². The monoisotopic (exact) mass is 219 g/mol. The second kappa shape index (κ2) is 5.77. The van der Waals surface area contributed by atoms with Crippen LogP contribution >= 0.6 is 0 Å². The Kier molecular flexibility index (Phi) is 4.95. The number of likely N-dealkylation sites (tertiary alicyclic amines) is 1. The number of hydrogen-bond donors (Lipinski definition) is 4. The van der Waals surface area contributed by atoms with E-state index in [0.717, 1.165) is 19.4 Å². The van der Waals surface area contributed by atoms with Crippen molar-refractivity contribution < 1.29 is 20.4 Å².